The molecular formula is C29H28N2S. The van der Waals surface area contributed by atoms with Crippen LogP contribution in [0.2, 0.25) is 0 Å². The highest BCUT2D eigenvalue weighted by Gasteiger charge is 2.15. The Balaban J connectivity index is 1.78. The fraction of sp³-hybridized carbons (Fsp3) is 0.138. The van der Waals surface area contributed by atoms with Crippen LogP contribution in [0.4, 0.5) is 0 Å². The van der Waals surface area contributed by atoms with Crippen LogP contribution in [0.25, 0.3) is 38.4 Å². The number of thioether (sulfide) groups is 1. The van der Waals surface area contributed by atoms with Gasteiger partial charge in [-0.1, -0.05) is 106 Å². The highest BCUT2D eigenvalue weighted by atomic mass is 32.2. The van der Waals surface area contributed by atoms with E-state index in [1.54, 1.807) is 0 Å². The molecule has 0 fully saturated rings. The quantitative estimate of drug-likeness (QED) is 0.223. The molecule has 0 aliphatic rings. The van der Waals surface area contributed by atoms with Crippen LogP contribution in [0, 0.1) is 5.92 Å². The second-order valence-corrected chi connectivity index (χ2v) is 9.49. The molecule has 0 spiro atoms. The van der Waals surface area contributed by atoms with Crippen molar-refractivity contribution >= 4 is 39.0 Å². The molecular weight excluding hydrogens is 408 g/mol. The summed E-state index contributed by atoms with van der Waals surface area (Å²) in [7, 11) is 0. The first-order valence-corrected chi connectivity index (χ1v) is 11.6. The molecule has 32 heavy (non-hydrogen) atoms. The number of allylic oxidation sites excluding steroid dienone is 1. The van der Waals surface area contributed by atoms with E-state index >= 15 is 0 Å². The van der Waals surface area contributed by atoms with Gasteiger partial charge in [0.2, 0.25) is 0 Å². The highest BCUT2D eigenvalue weighted by molar-refractivity contribution is 8.07. The van der Waals surface area contributed by atoms with Gasteiger partial charge in [-0.2, -0.15) is 0 Å². The Kier molecular flexibility index (Phi) is 6.48. The number of hydrogen-bond donors (Lipinski definition) is 1. The summed E-state index contributed by atoms with van der Waals surface area (Å²) in [6.45, 7) is 17.9. The number of hydrogen-bond acceptors (Lipinski definition) is 3. The van der Waals surface area contributed by atoms with Crippen molar-refractivity contribution in [3.8, 4) is 11.1 Å². The lowest BCUT2D eigenvalue weighted by Gasteiger charge is -2.16. The van der Waals surface area contributed by atoms with Gasteiger partial charge < -0.3 is 5.32 Å². The van der Waals surface area contributed by atoms with Crippen LogP contribution in [0.1, 0.15) is 19.5 Å². The summed E-state index contributed by atoms with van der Waals surface area (Å²) in [5.74, 6) is 0.550. The number of nitrogens with one attached hydrogen (secondary N) is 1. The molecule has 0 amide bonds. The predicted octanol–water partition coefficient (Wildman–Crippen LogP) is 8.03. The molecule has 4 aromatic rings. The predicted molar refractivity (Wildman–Crippen MR) is 142 cm³/mol. The molecule has 4 rings (SSSR count). The lowest BCUT2D eigenvalue weighted by molar-refractivity contribution is 0.608. The van der Waals surface area contributed by atoms with Gasteiger partial charge in [-0.05, 0) is 39.9 Å². The lowest BCUT2D eigenvalue weighted by atomic mass is 9.95. The Morgan fingerprint density at radius 1 is 0.938 bits per heavy atom. The average molecular weight is 437 g/mol. The van der Waals surface area contributed by atoms with Gasteiger partial charge in [0.15, 0.2) is 0 Å². The minimum absolute atomic E-state index is 0.550. The molecule has 0 aliphatic carbocycles. The summed E-state index contributed by atoms with van der Waals surface area (Å²) in [6.07, 6.45) is 0. The number of fused-ring (bicyclic) bond motifs is 3. The lowest BCUT2D eigenvalue weighted by Crippen LogP contribution is -2.16. The van der Waals surface area contributed by atoms with Crippen molar-refractivity contribution in [2.24, 2.45) is 5.92 Å². The van der Waals surface area contributed by atoms with Crippen LogP contribution in [0.5, 0.6) is 0 Å². The van der Waals surface area contributed by atoms with E-state index in [0.717, 1.165) is 49.8 Å². The fourth-order valence-electron chi connectivity index (χ4n) is 3.71. The highest BCUT2D eigenvalue weighted by Crippen LogP contribution is 2.38. The van der Waals surface area contributed by atoms with E-state index in [9.17, 15) is 0 Å². The molecule has 1 N–H and O–H groups in total. The maximum atomic E-state index is 4.99. The molecule has 3 heteroatoms. The summed E-state index contributed by atoms with van der Waals surface area (Å²) in [5, 5.41) is 7.80. The van der Waals surface area contributed by atoms with Crippen molar-refractivity contribution < 1.29 is 0 Å². The first kappa shape index (κ1) is 21.9. The van der Waals surface area contributed by atoms with Gasteiger partial charge in [0.25, 0.3) is 0 Å². The monoisotopic (exact) mass is 436 g/mol. The molecule has 0 aliphatic heterocycles. The molecule has 0 atom stereocenters. The number of rotatable bonds is 8. The van der Waals surface area contributed by atoms with Crippen molar-refractivity contribution in [1.29, 1.82) is 0 Å². The van der Waals surface area contributed by atoms with E-state index in [1.165, 1.54) is 22.5 Å². The van der Waals surface area contributed by atoms with Crippen LogP contribution >= 0.6 is 11.8 Å². The zero-order valence-corrected chi connectivity index (χ0v) is 19.5. The van der Waals surface area contributed by atoms with E-state index in [4.69, 9.17) is 4.98 Å². The summed E-state index contributed by atoms with van der Waals surface area (Å²) in [6, 6.07) is 25.3. The first-order chi connectivity index (χ1) is 15.4. The van der Waals surface area contributed by atoms with Crippen molar-refractivity contribution in [2.45, 2.75) is 13.8 Å². The number of benzene rings is 3. The Morgan fingerprint density at radius 2 is 1.66 bits per heavy atom. The summed E-state index contributed by atoms with van der Waals surface area (Å²) in [5.41, 5.74) is 4.91. The second-order valence-electron chi connectivity index (χ2n) is 8.30. The van der Waals surface area contributed by atoms with Gasteiger partial charge in [-0.25, -0.2) is 4.98 Å². The maximum Gasteiger partial charge on any atom is 0.0722 e. The van der Waals surface area contributed by atoms with Crippen molar-refractivity contribution in [1.82, 2.24) is 10.3 Å². The normalized spacial score (nSPS) is 11.1. The number of nitrogens with zero attached hydrogens (tertiary/aromatic N) is 1. The van der Waals surface area contributed by atoms with E-state index in [0.29, 0.717) is 5.92 Å². The van der Waals surface area contributed by atoms with Crippen molar-refractivity contribution in [3.05, 3.63) is 108 Å². The molecule has 0 bridgehead atoms. The average Bonchev–Trinajstić information content (AvgIpc) is 2.81. The summed E-state index contributed by atoms with van der Waals surface area (Å²) < 4.78 is 0. The summed E-state index contributed by atoms with van der Waals surface area (Å²) >= 11 is 1.51. The van der Waals surface area contributed by atoms with Gasteiger partial charge >= 0.3 is 0 Å². The van der Waals surface area contributed by atoms with Crippen LogP contribution in [0.3, 0.4) is 0 Å². The minimum atomic E-state index is 0.550. The third-order valence-electron chi connectivity index (χ3n) is 5.38. The smallest absolute Gasteiger partial charge is 0.0722 e. The third-order valence-corrected chi connectivity index (χ3v) is 6.27. The van der Waals surface area contributed by atoms with Gasteiger partial charge in [0.05, 0.1) is 16.2 Å². The molecule has 160 valence electrons. The zero-order valence-electron chi connectivity index (χ0n) is 18.7. The van der Waals surface area contributed by atoms with Crippen LogP contribution in [0.15, 0.2) is 102 Å². The zero-order chi connectivity index (χ0) is 22.7. The first-order valence-electron chi connectivity index (χ1n) is 10.8. The SMILES string of the molecule is C=C(NCC(C)C)SC(=C)C(=C)c1cc(-c2ccccc2)c2c(ccc3ccccc32)n1. The standard InChI is InChI=1S/C29H28N2S/c1-19(2)18-30-22(5)32-21(4)20(3)28-17-26(23-11-7-6-8-12-23)29-25-14-10-9-13-24(25)15-16-27(29)31-28/h6-17,19,30H,3-5,18H2,1-2H3. The molecule has 0 saturated carbocycles. The molecule has 2 nitrogen and oxygen atoms in total. The van der Waals surface area contributed by atoms with Gasteiger partial charge in [-0.15, -0.1) is 0 Å². The van der Waals surface area contributed by atoms with E-state index < -0.39 is 0 Å². The van der Waals surface area contributed by atoms with E-state index in [2.05, 4.69) is 106 Å². The molecule has 1 aromatic heterocycles. The Labute approximate surface area is 194 Å². The third kappa shape index (κ3) is 4.63. The molecule has 1 heterocycles. The summed E-state index contributed by atoms with van der Waals surface area (Å²) in [4.78, 5) is 5.84. The molecule has 3 aromatic carbocycles. The van der Waals surface area contributed by atoms with Crippen LogP contribution in [-0.2, 0) is 0 Å². The topological polar surface area (TPSA) is 24.9 Å². The molecule has 0 saturated heterocycles. The van der Waals surface area contributed by atoms with E-state index in [-0.39, 0.29) is 0 Å². The fourth-order valence-corrected chi connectivity index (χ4v) is 4.40. The van der Waals surface area contributed by atoms with Gasteiger partial charge in [0, 0.05) is 22.4 Å². The van der Waals surface area contributed by atoms with Crippen molar-refractivity contribution in [2.75, 3.05) is 6.54 Å². The maximum absolute atomic E-state index is 4.99. The molecule has 0 radical (unpaired) electrons. The Hall–Kier alpha value is -3.30. The Morgan fingerprint density at radius 3 is 2.41 bits per heavy atom. The van der Waals surface area contributed by atoms with Crippen LogP contribution in [-0.4, -0.2) is 11.5 Å². The van der Waals surface area contributed by atoms with Gasteiger partial charge in [0.1, 0.15) is 0 Å². The number of pyridine rings is 1. The Bertz CT molecular complexity index is 1320. The number of aromatic nitrogens is 1. The minimum Gasteiger partial charge on any atom is -0.380 e. The second kappa shape index (κ2) is 9.46. The van der Waals surface area contributed by atoms with Crippen molar-refractivity contribution in [3.63, 3.8) is 0 Å². The van der Waals surface area contributed by atoms with Gasteiger partial charge in [-0.3, -0.25) is 0 Å². The largest absolute Gasteiger partial charge is 0.380 e. The molecule has 0 unspecified atom stereocenters. The van der Waals surface area contributed by atoms with Crippen LogP contribution < -0.4 is 5.32 Å². The van der Waals surface area contributed by atoms with E-state index in [1.807, 2.05) is 6.07 Å².